The van der Waals surface area contributed by atoms with Crippen LogP contribution in [0.4, 0.5) is 0 Å². The highest BCUT2D eigenvalue weighted by molar-refractivity contribution is 7.13. The molecule has 1 saturated carbocycles. The summed E-state index contributed by atoms with van der Waals surface area (Å²) in [6.07, 6.45) is 4.01. The van der Waals surface area contributed by atoms with E-state index in [0.29, 0.717) is 11.7 Å². The number of carbonyl (C=O) groups is 1. The van der Waals surface area contributed by atoms with E-state index < -0.39 is 5.54 Å². The molecule has 1 amide bonds. The predicted octanol–water partition coefficient (Wildman–Crippen LogP) is 3.94. The Morgan fingerprint density at radius 1 is 1.19 bits per heavy atom. The molecule has 1 aliphatic carbocycles. The van der Waals surface area contributed by atoms with Gasteiger partial charge in [0.1, 0.15) is 10.5 Å². The topological polar surface area (TPSA) is 80.9 Å². The van der Waals surface area contributed by atoms with Crippen molar-refractivity contribution in [2.45, 2.75) is 51.5 Å². The van der Waals surface area contributed by atoms with Crippen LogP contribution < -0.4 is 5.32 Å². The quantitative estimate of drug-likeness (QED) is 0.723. The lowest BCUT2D eigenvalue weighted by molar-refractivity contribution is -0.122. The summed E-state index contributed by atoms with van der Waals surface area (Å²) in [5.74, 6) is 1.05. The van der Waals surface area contributed by atoms with Gasteiger partial charge in [-0.15, -0.1) is 11.3 Å². The summed E-state index contributed by atoms with van der Waals surface area (Å²) in [6.45, 7) is 3.83. The van der Waals surface area contributed by atoms with Crippen molar-refractivity contribution >= 4 is 17.2 Å². The second-order valence-corrected chi connectivity index (χ2v) is 8.02. The van der Waals surface area contributed by atoms with Gasteiger partial charge in [-0.05, 0) is 19.8 Å². The summed E-state index contributed by atoms with van der Waals surface area (Å²) < 4.78 is 5.14. The minimum atomic E-state index is -0.509. The summed E-state index contributed by atoms with van der Waals surface area (Å²) in [5.41, 5.74) is 2.57. The molecule has 2 heterocycles. The van der Waals surface area contributed by atoms with Crippen molar-refractivity contribution in [2.24, 2.45) is 0 Å². The van der Waals surface area contributed by atoms with Crippen molar-refractivity contribution in [1.29, 1.82) is 0 Å². The van der Waals surface area contributed by atoms with Crippen molar-refractivity contribution < 1.29 is 9.32 Å². The maximum Gasteiger partial charge on any atom is 0.226 e. The van der Waals surface area contributed by atoms with Crippen molar-refractivity contribution in [3.63, 3.8) is 0 Å². The molecule has 1 fully saturated rings. The zero-order valence-corrected chi connectivity index (χ0v) is 16.3. The van der Waals surface area contributed by atoms with Gasteiger partial charge in [0.2, 0.25) is 11.8 Å². The van der Waals surface area contributed by atoms with Crippen LogP contribution in [0.5, 0.6) is 0 Å². The average Bonchev–Trinajstić information content (AvgIpc) is 3.37. The molecule has 2 aromatic heterocycles. The smallest absolute Gasteiger partial charge is 0.226 e. The molecule has 0 saturated heterocycles. The molecule has 1 aromatic carbocycles. The van der Waals surface area contributed by atoms with Crippen LogP contribution in [0.3, 0.4) is 0 Å². The molecule has 0 radical (unpaired) electrons. The summed E-state index contributed by atoms with van der Waals surface area (Å²) in [6, 6.07) is 8.26. The third-order valence-corrected chi connectivity index (χ3v) is 5.92. The van der Waals surface area contributed by atoms with Crippen LogP contribution in [0.15, 0.2) is 34.2 Å². The van der Waals surface area contributed by atoms with Crippen LogP contribution in [0, 0.1) is 13.8 Å². The van der Waals surface area contributed by atoms with E-state index >= 15 is 0 Å². The summed E-state index contributed by atoms with van der Waals surface area (Å²) in [4.78, 5) is 21.7. The number of aromatic nitrogens is 3. The minimum absolute atomic E-state index is 0.0555. The molecule has 3 aromatic rings. The normalized spacial score (nSPS) is 15.8. The number of benzene rings is 1. The number of nitrogens with zero attached hydrogens (tertiary/aromatic N) is 3. The van der Waals surface area contributed by atoms with Crippen LogP contribution in [0.1, 0.15) is 48.7 Å². The van der Waals surface area contributed by atoms with Gasteiger partial charge in [0.05, 0.1) is 12.1 Å². The number of thiazole rings is 1. The van der Waals surface area contributed by atoms with Gasteiger partial charge in [-0.2, -0.15) is 4.98 Å². The van der Waals surface area contributed by atoms with Crippen molar-refractivity contribution in [3.05, 3.63) is 52.6 Å². The second-order valence-electron chi connectivity index (χ2n) is 7.16. The van der Waals surface area contributed by atoms with E-state index in [-0.39, 0.29) is 12.3 Å². The van der Waals surface area contributed by atoms with Gasteiger partial charge in [-0.1, -0.05) is 47.8 Å². The van der Waals surface area contributed by atoms with Crippen molar-refractivity contribution in [3.8, 4) is 10.6 Å². The van der Waals surface area contributed by atoms with Crippen molar-refractivity contribution in [1.82, 2.24) is 20.4 Å². The van der Waals surface area contributed by atoms with E-state index in [4.69, 9.17) is 4.52 Å². The first-order valence-electron chi connectivity index (χ1n) is 9.17. The van der Waals surface area contributed by atoms with Crippen LogP contribution in [-0.4, -0.2) is 21.0 Å². The number of carbonyl (C=O) groups excluding carboxylic acids is 1. The van der Waals surface area contributed by atoms with Gasteiger partial charge in [-0.25, -0.2) is 4.98 Å². The van der Waals surface area contributed by atoms with E-state index in [1.807, 2.05) is 5.38 Å². The standard InChI is InChI=1S/C20H22N4O2S/c1-13-5-7-15(8-6-13)18-22-16(12-27-18)11-17(25)23-20(9-3-4-10-20)19-21-14(2)26-24-19/h5-8,12H,3-4,9-11H2,1-2H3,(H,23,25). The molecule has 0 spiro atoms. The lowest BCUT2D eigenvalue weighted by Crippen LogP contribution is -2.45. The fourth-order valence-electron chi connectivity index (χ4n) is 3.57. The first kappa shape index (κ1) is 17.9. The number of aryl methyl sites for hydroxylation is 2. The first-order chi connectivity index (χ1) is 13.0. The SMILES string of the molecule is Cc1ccc(-c2nc(CC(=O)NC3(c4noc(C)n4)CCCC3)cs2)cc1. The number of nitrogens with one attached hydrogen (secondary N) is 1. The Kier molecular flexibility index (Phi) is 4.78. The molecule has 0 atom stereocenters. The molecule has 0 aliphatic heterocycles. The lowest BCUT2D eigenvalue weighted by atomic mass is 9.96. The monoisotopic (exact) mass is 382 g/mol. The largest absolute Gasteiger partial charge is 0.343 e. The van der Waals surface area contributed by atoms with E-state index in [2.05, 4.69) is 51.6 Å². The second kappa shape index (κ2) is 7.23. The summed E-state index contributed by atoms with van der Waals surface area (Å²) >= 11 is 1.56. The van der Waals surface area contributed by atoms with Gasteiger partial charge in [-0.3, -0.25) is 4.79 Å². The molecular weight excluding hydrogens is 360 g/mol. The Hall–Kier alpha value is -2.54. The Bertz CT molecular complexity index is 939. The summed E-state index contributed by atoms with van der Waals surface area (Å²) in [7, 11) is 0. The van der Waals surface area contributed by atoms with Gasteiger partial charge < -0.3 is 9.84 Å². The Balaban J connectivity index is 1.47. The van der Waals surface area contributed by atoms with Crippen molar-refractivity contribution in [2.75, 3.05) is 0 Å². The van der Waals surface area contributed by atoms with Crippen LogP contribution in [0.2, 0.25) is 0 Å². The molecule has 140 valence electrons. The van der Waals surface area contributed by atoms with Crippen LogP contribution in [-0.2, 0) is 16.8 Å². The molecule has 27 heavy (non-hydrogen) atoms. The zero-order chi connectivity index (χ0) is 18.9. The Morgan fingerprint density at radius 3 is 2.59 bits per heavy atom. The highest BCUT2D eigenvalue weighted by Gasteiger charge is 2.41. The van der Waals surface area contributed by atoms with E-state index in [9.17, 15) is 4.79 Å². The number of hydrogen-bond donors (Lipinski definition) is 1. The highest BCUT2D eigenvalue weighted by atomic mass is 32.1. The molecule has 0 unspecified atom stereocenters. The third-order valence-electron chi connectivity index (χ3n) is 4.98. The highest BCUT2D eigenvalue weighted by Crippen LogP contribution is 2.37. The number of rotatable bonds is 5. The Labute approximate surface area is 162 Å². The van der Waals surface area contributed by atoms with Crippen LogP contribution >= 0.6 is 11.3 Å². The Morgan fingerprint density at radius 2 is 1.93 bits per heavy atom. The number of hydrogen-bond acceptors (Lipinski definition) is 6. The van der Waals surface area contributed by atoms with Crippen LogP contribution in [0.25, 0.3) is 10.6 Å². The van der Waals surface area contributed by atoms with Gasteiger partial charge in [0.15, 0.2) is 5.82 Å². The van der Waals surface area contributed by atoms with E-state index in [0.717, 1.165) is 41.9 Å². The van der Waals surface area contributed by atoms with Gasteiger partial charge in [0, 0.05) is 17.9 Å². The molecule has 1 N–H and O–H groups in total. The van der Waals surface area contributed by atoms with Gasteiger partial charge >= 0.3 is 0 Å². The molecule has 4 rings (SSSR count). The average molecular weight is 382 g/mol. The minimum Gasteiger partial charge on any atom is -0.343 e. The molecular formula is C20H22N4O2S. The van der Waals surface area contributed by atoms with E-state index in [1.165, 1.54) is 5.56 Å². The third kappa shape index (κ3) is 3.78. The molecule has 1 aliphatic rings. The maximum atomic E-state index is 12.7. The molecule has 7 heteroatoms. The lowest BCUT2D eigenvalue weighted by Gasteiger charge is -2.26. The fourth-order valence-corrected chi connectivity index (χ4v) is 4.39. The molecule has 0 bridgehead atoms. The summed E-state index contributed by atoms with van der Waals surface area (Å²) in [5, 5.41) is 10.1. The van der Waals surface area contributed by atoms with E-state index in [1.54, 1.807) is 18.3 Å². The van der Waals surface area contributed by atoms with Gasteiger partial charge in [0.25, 0.3) is 0 Å². The maximum absolute atomic E-state index is 12.7. The number of amides is 1. The fraction of sp³-hybridized carbons (Fsp3) is 0.400. The molecule has 6 nitrogen and oxygen atoms in total. The zero-order valence-electron chi connectivity index (χ0n) is 15.5. The predicted molar refractivity (Wildman–Crippen MR) is 103 cm³/mol. The first-order valence-corrected chi connectivity index (χ1v) is 10.1.